The molecular formula is C14H21N3O4. The molecule has 1 aliphatic heterocycles. The maximum absolute atomic E-state index is 12.3. The van der Waals surface area contributed by atoms with E-state index in [1.54, 1.807) is 24.8 Å². The lowest BCUT2D eigenvalue weighted by Gasteiger charge is -2.25. The van der Waals surface area contributed by atoms with Crippen LogP contribution < -0.4 is 4.90 Å². The number of likely N-dealkylation sites (tertiary alicyclic amines) is 1. The molecule has 0 aliphatic carbocycles. The van der Waals surface area contributed by atoms with Crippen molar-refractivity contribution in [1.82, 2.24) is 10.1 Å². The molecular weight excluding hydrogens is 274 g/mol. The Hall–Kier alpha value is -2.05. The molecule has 0 bridgehead atoms. The van der Waals surface area contributed by atoms with Crippen molar-refractivity contribution >= 4 is 17.7 Å². The minimum absolute atomic E-state index is 0.00532. The Labute approximate surface area is 123 Å². The molecule has 7 heteroatoms. The van der Waals surface area contributed by atoms with E-state index in [9.17, 15) is 9.59 Å². The van der Waals surface area contributed by atoms with Gasteiger partial charge in [0.1, 0.15) is 5.76 Å². The second-order valence-corrected chi connectivity index (χ2v) is 5.50. The van der Waals surface area contributed by atoms with Crippen molar-refractivity contribution in [2.24, 2.45) is 5.92 Å². The summed E-state index contributed by atoms with van der Waals surface area (Å²) in [6.07, 6.45) is 2.06. The molecule has 0 spiro atoms. The summed E-state index contributed by atoms with van der Waals surface area (Å²) in [5, 5.41) is 13.0. The van der Waals surface area contributed by atoms with E-state index in [0.717, 1.165) is 25.9 Å². The van der Waals surface area contributed by atoms with Crippen LogP contribution in [0.5, 0.6) is 0 Å². The summed E-state index contributed by atoms with van der Waals surface area (Å²) in [4.78, 5) is 26.8. The number of amides is 1. The second kappa shape index (κ2) is 6.60. The number of carbonyl (C=O) groups excluding carboxylic acids is 1. The zero-order chi connectivity index (χ0) is 15.4. The first-order chi connectivity index (χ1) is 9.97. The molecule has 2 rings (SSSR count). The standard InChI is InChI=1S/C14H21N3O4/c1-10(14(19)20)8-17(12-7-11(2)21-15-12)9-13(18)16-5-3-4-6-16/h7,10H,3-6,8-9H2,1-2H3,(H,19,20). The molecule has 1 atom stereocenters. The van der Waals surface area contributed by atoms with Gasteiger partial charge in [0.2, 0.25) is 5.91 Å². The smallest absolute Gasteiger partial charge is 0.308 e. The van der Waals surface area contributed by atoms with Gasteiger partial charge in [0, 0.05) is 25.7 Å². The van der Waals surface area contributed by atoms with E-state index < -0.39 is 11.9 Å². The zero-order valence-corrected chi connectivity index (χ0v) is 12.4. The fraction of sp³-hybridized carbons (Fsp3) is 0.643. The number of rotatable bonds is 6. The van der Waals surface area contributed by atoms with Gasteiger partial charge in [-0.2, -0.15) is 0 Å². The predicted octanol–water partition coefficient (Wildman–Crippen LogP) is 1.13. The van der Waals surface area contributed by atoms with Crippen LogP contribution in [0.3, 0.4) is 0 Å². The van der Waals surface area contributed by atoms with Gasteiger partial charge in [0.05, 0.1) is 12.5 Å². The molecule has 1 unspecified atom stereocenters. The van der Waals surface area contributed by atoms with Crippen molar-refractivity contribution in [3.05, 3.63) is 11.8 Å². The van der Waals surface area contributed by atoms with Crippen LogP contribution in [-0.2, 0) is 9.59 Å². The van der Waals surface area contributed by atoms with Crippen LogP contribution in [0.4, 0.5) is 5.82 Å². The van der Waals surface area contributed by atoms with Crippen molar-refractivity contribution in [3.8, 4) is 0 Å². The molecule has 2 heterocycles. The lowest BCUT2D eigenvalue weighted by atomic mass is 10.1. The minimum Gasteiger partial charge on any atom is -0.481 e. The lowest BCUT2D eigenvalue weighted by Crippen LogP contribution is -2.42. The maximum atomic E-state index is 12.3. The van der Waals surface area contributed by atoms with Crippen LogP contribution in [0.15, 0.2) is 10.6 Å². The number of nitrogens with zero attached hydrogens (tertiary/aromatic N) is 3. The van der Waals surface area contributed by atoms with Crippen LogP contribution in [-0.4, -0.2) is 53.2 Å². The molecule has 1 saturated heterocycles. The minimum atomic E-state index is -0.895. The first-order valence-corrected chi connectivity index (χ1v) is 7.16. The summed E-state index contributed by atoms with van der Waals surface area (Å²) in [6.45, 7) is 5.28. The van der Waals surface area contributed by atoms with Crippen molar-refractivity contribution in [1.29, 1.82) is 0 Å². The Morgan fingerprint density at radius 1 is 1.48 bits per heavy atom. The molecule has 1 aromatic rings. The normalized spacial score (nSPS) is 16.0. The van der Waals surface area contributed by atoms with E-state index >= 15 is 0 Å². The van der Waals surface area contributed by atoms with Crippen LogP contribution in [0.1, 0.15) is 25.5 Å². The Morgan fingerprint density at radius 2 is 2.14 bits per heavy atom. The first kappa shape index (κ1) is 15.3. The Morgan fingerprint density at radius 3 is 2.67 bits per heavy atom. The van der Waals surface area contributed by atoms with E-state index in [4.69, 9.17) is 9.63 Å². The maximum Gasteiger partial charge on any atom is 0.308 e. The highest BCUT2D eigenvalue weighted by molar-refractivity contribution is 5.81. The van der Waals surface area contributed by atoms with Crippen molar-refractivity contribution < 1.29 is 19.2 Å². The fourth-order valence-corrected chi connectivity index (χ4v) is 2.38. The van der Waals surface area contributed by atoms with Gasteiger partial charge in [-0.15, -0.1) is 0 Å². The molecule has 1 fully saturated rings. The molecule has 7 nitrogen and oxygen atoms in total. The third-order valence-electron chi connectivity index (χ3n) is 3.64. The molecule has 0 aromatic carbocycles. The number of hydrogen-bond acceptors (Lipinski definition) is 5. The number of aryl methyl sites for hydroxylation is 1. The molecule has 1 amide bonds. The molecule has 21 heavy (non-hydrogen) atoms. The SMILES string of the molecule is Cc1cc(N(CC(=O)N2CCCC2)CC(C)C(=O)O)no1. The first-order valence-electron chi connectivity index (χ1n) is 7.16. The van der Waals surface area contributed by atoms with Crippen LogP contribution in [0.25, 0.3) is 0 Å². The van der Waals surface area contributed by atoms with Gasteiger partial charge in [0.15, 0.2) is 5.82 Å². The fourth-order valence-electron chi connectivity index (χ4n) is 2.38. The van der Waals surface area contributed by atoms with Crippen LogP contribution >= 0.6 is 0 Å². The highest BCUT2D eigenvalue weighted by atomic mass is 16.5. The summed E-state index contributed by atoms with van der Waals surface area (Å²) in [7, 11) is 0. The molecule has 116 valence electrons. The molecule has 1 N–H and O–H groups in total. The Balaban J connectivity index is 2.07. The number of aliphatic carboxylic acids is 1. The summed E-state index contributed by atoms with van der Waals surface area (Å²) < 4.78 is 5.03. The number of anilines is 1. The average molecular weight is 295 g/mol. The van der Waals surface area contributed by atoms with Gasteiger partial charge in [-0.3, -0.25) is 9.59 Å². The topological polar surface area (TPSA) is 86.9 Å². The largest absolute Gasteiger partial charge is 0.481 e. The van der Waals surface area contributed by atoms with Gasteiger partial charge >= 0.3 is 5.97 Å². The van der Waals surface area contributed by atoms with Gasteiger partial charge in [-0.05, 0) is 19.8 Å². The van der Waals surface area contributed by atoms with E-state index in [1.807, 2.05) is 4.90 Å². The monoisotopic (exact) mass is 295 g/mol. The second-order valence-electron chi connectivity index (χ2n) is 5.50. The highest BCUT2D eigenvalue weighted by Gasteiger charge is 2.24. The molecule has 1 aromatic heterocycles. The quantitative estimate of drug-likeness (QED) is 0.846. The number of hydrogen-bond donors (Lipinski definition) is 1. The third-order valence-corrected chi connectivity index (χ3v) is 3.64. The third kappa shape index (κ3) is 3.96. The van der Waals surface area contributed by atoms with Gasteiger partial charge in [-0.25, -0.2) is 0 Å². The van der Waals surface area contributed by atoms with E-state index in [-0.39, 0.29) is 19.0 Å². The van der Waals surface area contributed by atoms with Crippen molar-refractivity contribution in [2.75, 3.05) is 31.1 Å². The predicted molar refractivity (Wildman–Crippen MR) is 76.1 cm³/mol. The number of aromatic nitrogens is 1. The van der Waals surface area contributed by atoms with Crippen molar-refractivity contribution in [3.63, 3.8) is 0 Å². The van der Waals surface area contributed by atoms with Crippen LogP contribution in [0.2, 0.25) is 0 Å². The highest BCUT2D eigenvalue weighted by Crippen LogP contribution is 2.17. The molecule has 0 radical (unpaired) electrons. The van der Waals surface area contributed by atoms with Gasteiger partial charge < -0.3 is 19.4 Å². The summed E-state index contributed by atoms with van der Waals surface area (Å²) in [6, 6.07) is 1.71. The average Bonchev–Trinajstić information content (AvgIpc) is 3.08. The zero-order valence-electron chi connectivity index (χ0n) is 12.4. The number of carboxylic acid groups (broad SMARTS) is 1. The van der Waals surface area contributed by atoms with E-state index in [2.05, 4.69) is 5.16 Å². The lowest BCUT2D eigenvalue weighted by molar-refractivity contribution is -0.141. The molecule has 0 saturated carbocycles. The number of carbonyl (C=O) groups is 2. The van der Waals surface area contributed by atoms with E-state index in [1.165, 1.54) is 0 Å². The number of carboxylic acids is 1. The Kier molecular flexibility index (Phi) is 4.82. The summed E-state index contributed by atoms with van der Waals surface area (Å²) in [5.74, 6) is -0.340. The van der Waals surface area contributed by atoms with E-state index in [0.29, 0.717) is 11.6 Å². The summed E-state index contributed by atoms with van der Waals surface area (Å²) >= 11 is 0. The molecule has 1 aliphatic rings. The van der Waals surface area contributed by atoms with Crippen LogP contribution in [0, 0.1) is 12.8 Å². The van der Waals surface area contributed by atoms with Gasteiger partial charge in [-0.1, -0.05) is 12.1 Å². The summed E-state index contributed by atoms with van der Waals surface area (Å²) in [5.41, 5.74) is 0. The van der Waals surface area contributed by atoms with Gasteiger partial charge in [0.25, 0.3) is 0 Å². The Bertz CT molecular complexity index is 508. The van der Waals surface area contributed by atoms with Crippen molar-refractivity contribution in [2.45, 2.75) is 26.7 Å².